The van der Waals surface area contributed by atoms with E-state index in [0.717, 1.165) is 30.7 Å². The van der Waals surface area contributed by atoms with E-state index in [1.807, 2.05) is 29.2 Å². The number of phenolic OH excluding ortho intramolecular Hbond substituents is 1. The number of nitrogens with one attached hydrogen (secondary N) is 1. The first kappa shape index (κ1) is 16.7. The molecule has 2 heterocycles. The van der Waals surface area contributed by atoms with Crippen LogP contribution in [0.2, 0.25) is 0 Å². The molecule has 0 aliphatic carbocycles. The van der Waals surface area contributed by atoms with Crippen molar-refractivity contribution in [3.8, 4) is 11.5 Å². The normalized spacial score (nSPS) is 22.0. The van der Waals surface area contributed by atoms with Crippen LogP contribution in [0.5, 0.6) is 11.5 Å². The number of methoxy groups -OCH3 is 1. The highest BCUT2D eigenvalue weighted by molar-refractivity contribution is 6.01. The van der Waals surface area contributed by atoms with E-state index in [9.17, 15) is 9.90 Å². The van der Waals surface area contributed by atoms with Crippen molar-refractivity contribution in [2.75, 3.05) is 25.6 Å². The van der Waals surface area contributed by atoms with Crippen LogP contribution in [0.25, 0.3) is 0 Å². The van der Waals surface area contributed by atoms with Gasteiger partial charge in [0, 0.05) is 18.8 Å². The minimum absolute atomic E-state index is 0.0214. The first-order chi connectivity index (χ1) is 12.7. The van der Waals surface area contributed by atoms with Crippen LogP contribution in [-0.2, 0) is 4.74 Å². The summed E-state index contributed by atoms with van der Waals surface area (Å²) in [5.74, 6) is 0.434. The standard InChI is InChI=1S/C20H22N2O4/c1-25-18-11-13(8-9-17(18)23)19-21-16-7-3-2-6-15(16)20(24)22(19)12-14-5-4-10-26-14/h2-3,6-9,11,14,19,21,23H,4-5,10,12H2,1H3/t14-,19-/m0/s1. The van der Waals surface area contributed by atoms with Gasteiger partial charge in [0.1, 0.15) is 6.17 Å². The van der Waals surface area contributed by atoms with Crippen LogP contribution >= 0.6 is 0 Å². The molecule has 6 nitrogen and oxygen atoms in total. The summed E-state index contributed by atoms with van der Waals surface area (Å²) in [6, 6.07) is 12.7. The van der Waals surface area contributed by atoms with Crippen molar-refractivity contribution in [3.63, 3.8) is 0 Å². The predicted octanol–water partition coefficient (Wildman–Crippen LogP) is 3.15. The monoisotopic (exact) mass is 354 g/mol. The zero-order valence-electron chi connectivity index (χ0n) is 14.6. The SMILES string of the molecule is COc1cc([C@H]2Nc3ccccc3C(=O)N2C[C@@H]2CCCO2)ccc1O. The van der Waals surface area contributed by atoms with Gasteiger partial charge >= 0.3 is 0 Å². The molecule has 0 bridgehead atoms. The number of ether oxygens (including phenoxy) is 2. The number of nitrogens with zero attached hydrogens (tertiary/aromatic N) is 1. The number of amides is 1. The molecular formula is C20H22N2O4. The van der Waals surface area contributed by atoms with E-state index in [2.05, 4.69) is 5.32 Å². The fourth-order valence-corrected chi connectivity index (χ4v) is 3.62. The number of carbonyl (C=O) groups is 1. The lowest BCUT2D eigenvalue weighted by atomic mass is 10.0. The highest BCUT2D eigenvalue weighted by atomic mass is 16.5. The number of phenols is 1. The zero-order chi connectivity index (χ0) is 18.1. The minimum Gasteiger partial charge on any atom is -0.504 e. The number of carbonyl (C=O) groups excluding carboxylic acids is 1. The predicted molar refractivity (Wildman–Crippen MR) is 97.5 cm³/mol. The van der Waals surface area contributed by atoms with Crippen molar-refractivity contribution in [1.29, 1.82) is 0 Å². The number of hydrogen-bond donors (Lipinski definition) is 2. The van der Waals surface area contributed by atoms with Crippen molar-refractivity contribution in [3.05, 3.63) is 53.6 Å². The Morgan fingerprint density at radius 1 is 1.31 bits per heavy atom. The average Bonchev–Trinajstić information content (AvgIpc) is 3.18. The Balaban J connectivity index is 1.72. The van der Waals surface area contributed by atoms with Gasteiger partial charge in [-0.1, -0.05) is 18.2 Å². The smallest absolute Gasteiger partial charge is 0.257 e. The Hall–Kier alpha value is -2.73. The van der Waals surface area contributed by atoms with Crippen molar-refractivity contribution in [1.82, 2.24) is 4.90 Å². The van der Waals surface area contributed by atoms with E-state index in [-0.39, 0.29) is 23.9 Å². The van der Waals surface area contributed by atoms with Crippen LogP contribution in [0, 0.1) is 0 Å². The summed E-state index contributed by atoms with van der Waals surface area (Å²) in [7, 11) is 1.51. The molecule has 2 aromatic rings. The van der Waals surface area contributed by atoms with Crippen LogP contribution in [0.15, 0.2) is 42.5 Å². The Morgan fingerprint density at radius 2 is 2.15 bits per heavy atom. The van der Waals surface area contributed by atoms with Crippen molar-refractivity contribution < 1.29 is 19.4 Å². The molecule has 0 unspecified atom stereocenters. The van der Waals surface area contributed by atoms with Gasteiger partial charge < -0.3 is 24.8 Å². The van der Waals surface area contributed by atoms with E-state index in [4.69, 9.17) is 9.47 Å². The van der Waals surface area contributed by atoms with Gasteiger partial charge in [0.15, 0.2) is 11.5 Å². The number of anilines is 1. The van der Waals surface area contributed by atoms with Gasteiger partial charge in [-0.15, -0.1) is 0 Å². The second-order valence-corrected chi connectivity index (χ2v) is 6.62. The maximum absolute atomic E-state index is 13.2. The lowest BCUT2D eigenvalue weighted by Gasteiger charge is -2.39. The summed E-state index contributed by atoms with van der Waals surface area (Å²) >= 11 is 0. The maximum Gasteiger partial charge on any atom is 0.257 e. The van der Waals surface area contributed by atoms with E-state index >= 15 is 0 Å². The fraction of sp³-hybridized carbons (Fsp3) is 0.350. The van der Waals surface area contributed by atoms with Crippen LogP contribution in [-0.4, -0.2) is 42.3 Å². The molecule has 0 spiro atoms. The Bertz CT molecular complexity index is 817. The molecule has 6 heteroatoms. The third-order valence-corrected chi connectivity index (χ3v) is 4.97. The van der Waals surface area contributed by atoms with Gasteiger partial charge in [-0.3, -0.25) is 4.79 Å². The Morgan fingerprint density at radius 3 is 2.92 bits per heavy atom. The molecule has 0 radical (unpaired) electrons. The minimum atomic E-state index is -0.351. The summed E-state index contributed by atoms with van der Waals surface area (Å²) in [4.78, 5) is 15.0. The molecule has 2 aromatic carbocycles. The van der Waals surface area contributed by atoms with E-state index < -0.39 is 0 Å². The van der Waals surface area contributed by atoms with Crippen LogP contribution < -0.4 is 10.1 Å². The molecule has 1 amide bonds. The molecule has 2 atom stereocenters. The lowest BCUT2D eigenvalue weighted by molar-refractivity contribution is 0.0426. The molecule has 1 saturated heterocycles. The summed E-state index contributed by atoms with van der Waals surface area (Å²) in [6.07, 6.45) is 1.68. The summed E-state index contributed by atoms with van der Waals surface area (Å²) < 4.78 is 11.0. The van der Waals surface area contributed by atoms with E-state index in [1.54, 1.807) is 18.2 Å². The van der Waals surface area contributed by atoms with E-state index in [0.29, 0.717) is 17.9 Å². The van der Waals surface area contributed by atoms with Crippen molar-refractivity contribution in [2.24, 2.45) is 0 Å². The highest BCUT2D eigenvalue weighted by Crippen LogP contribution is 2.37. The molecule has 0 saturated carbocycles. The van der Waals surface area contributed by atoms with Gasteiger partial charge in [-0.2, -0.15) is 0 Å². The lowest BCUT2D eigenvalue weighted by Crippen LogP contribution is -2.46. The third kappa shape index (κ3) is 2.97. The molecule has 2 aliphatic heterocycles. The summed E-state index contributed by atoms with van der Waals surface area (Å²) in [6.45, 7) is 1.27. The molecule has 2 aliphatic rings. The molecule has 26 heavy (non-hydrogen) atoms. The summed E-state index contributed by atoms with van der Waals surface area (Å²) in [5.41, 5.74) is 2.31. The average molecular weight is 354 g/mol. The largest absolute Gasteiger partial charge is 0.504 e. The zero-order valence-corrected chi connectivity index (χ0v) is 14.6. The summed E-state index contributed by atoms with van der Waals surface area (Å²) in [5, 5.41) is 13.3. The first-order valence-corrected chi connectivity index (χ1v) is 8.82. The number of rotatable bonds is 4. The second-order valence-electron chi connectivity index (χ2n) is 6.62. The van der Waals surface area contributed by atoms with Crippen LogP contribution in [0.4, 0.5) is 5.69 Å². The van der Waals surface area contributed by atoms with Gasteiger partial charge in [0.2, 0.25) is 0 Å². The molecule has 1 fully saturated rings. The highest BCUT2D eigenvalue weighted by Gasteiger charge is 2.35. The van der Waals surface area contributed by atoms with Crippen molar-refractivity contribution >= 4 is 11.6 Å². The number of benzene rings is 2. The Labute approximate surface area is 152 Å². The molecule has 4 rings (SSSR count). The van der Waals surface area contributed by atoms with Crippen LogP contribution in [0.3, 0.4) is 0 Å². The molecule has 136 valence electrons. The first-order valence-electron chi connectivity index (χ1n) is 8.82. The fourth-order valence-electron chi connectivity index (χ4n) is 3.62. The number of hydrogen-bond acceptors (Lipinski definition) is 5. The second kappa shape index (κ2) is 6.88. The third-order valence-electron chi connectivity index (χ3n) is 4.97. The quantitative estimate of drug-likeness (QED) is 0.883. The van der Waals surface area contributed by atoms with E-state index in [1.165, 1.54) is 7.11 Å². The maximum atomic E-state index is 13.2. The van der Waals surface area contributed by atoms with Crippen molar-refractivity contribution in [2.45, 2.75) is 25.1 Å². The Kier molecular flexibility index (Phi) is 4.42. The van der Waals surface area contributed by atoms with Crippen LogP contribution in [0.1, 0.15) is 34.9 Å². The number of fused-ring (bicyclic) bond motifs is 1. The molecule has 2 N–H and O–H groups in total. The van der Waals surface area contributed by atoms with Gasteiger partial charge in [-0.25, -0.2) is 0 Å². The molecule has 0 aromatic heterocycles. The topological polar surface area (TPSA) is 71.0 Å². The molecular weight excluding hydrogens is 332 g/mol. The number of aromatic hydroxyl groups is 1. The number of para-hydroxylation sites is 1. The van der Waals surface area contributed by atoms with Gasteiger partial charge in [0.25, 0.3) is 5.91 Å². The van der Waals surface area contributed by atoms with Gasteiger partial charge in [0.05, 0.1) is 18.8 Å². The van der Waals surface area contributed by atoms with Gasteiger partial charge in [-0.05, 0) is 42.7 Å².